The van der Waals surface area contributed by atoms with Crippen LogP contribution >= 0.6 is 0 Å². The van der Waals surface area contributed by atoms with Crippen molar-refractivity contribution in [2.45, 2.75) is 6.42 Å². The van der Waals surface area contributed by atoms with Gasteiger partial charge in [-0.3, -0.25) is 9.59 Å². The van der Waals surface area contributed by atoms with Crippen LogP contribution in [-0.4, -0.2) is 22.2 Å². The van der Waals surface area contributed by atoms with Crippen LogP contribution < -0.4 is 0 Å². The molecule has 0 atom stereocenters. The van der Waals surface area contributed by atoms with Gasteiger partial charge in [0.1, 0.15) is 6.42 Å². The van der Waals surface area contributed by atoms with E-state index in [9.17, 15) is 9.59 Å². The van der Waals surface area contributed by atoms with Crippen LogP contribution in [0.3, 0.4) is 0 Å². The van der Waals surface area contributed by atoms with Crippen molar-refractivity contribution in [1.82, 2.24) is 0 Å². The van der Waals surface area contributed by atoms with E-state index in [0.717, 1.165) is 0 Å². The monoisotopic (exact) mass is 167 g/mol. The molecule has 0 spiro atoms. The molecule has 0 heterocycles. The van der Waals surface area contributed by atoms with Gasteiger partial charge in [-0.25, -0.2) is 0 Å². The van der Waals surface area contributed by atoms with Crippen molar-refractivity contribution in [1.29, 1.82) is 0 Å². The minimum atomic E-state index is -1.31. The zero-order chi connectivity index (χ0) is 5.86. The Bertz CT molecular complexity index is 87.5. The molecule has 0 saturated heterocycles. The average molecular weight is 168 g/mol. The summed E-state index contributed by atoms with van der Waals surface area (Å²) in [4.78, 5) is 18.9. The number of carbonyl (C=O) groups is 2. The van der Waals surface area contributed by atoms with E-state index in [4.69, 9.17) is 10.2 Å². The second-order valence-electron chi connectivity index (χ2n) is 0.964. The van der Waals surface area contributed by atoms with Gasteiger partial charge in [0.05, 0.1) is 0 Å². The van der Waals surface area contributed by atoms with Gasteiger partial charge in [-0.2, -0.15) is 0 Å². The maximum Gasteiger partial charge on any atom is 2.00 e. The van der Waals surface area contributed by atoms with E-state index in [1.165, 1.54) is 0 Å². The van der Waals surface area contributed by atoms with E-state index in [-0.39, 0.29) is 17.1 Å². The largest absolute Gasteiger partial charge is 2.00 e. The molecule has 0 saturated carbocycles. The van der Waals surface area contributed by atoms with E-state index in [1.807, 2.05) is 0 Å². The average Bonchev–Trinajstić information content (AvgIpc) is 1.27. The van der Waals surface area contributed by atoms with Crippen molar-refractivity contribution in [2.24, 2.45) is 0 Å². The third kappa shape index (κ3) is 9.07. The van der Waals surface area contributed by atoms with Crippen LogP contribution in [-0.2, 0) is 26.7 Å². The first kappa shape index (κ1) is 10.4. The van der Waals surface area contributed by atoms with Crippen LogP contribution in [0.2, 0.25) is 0 Å². The van der Waals surface area contributed by atoms with Crippen molar-refractivity contribution < 1.29 is 36.9 Å². The summed E-state index contributed by atoms with van der Waals surface area (Å²) in [6, 6.07) is 0. The van der Waals surface area contributed by atoms with Crippen LogP contribution in [0.15, 0.2) is 0 Å². The van der Waals surface area contributed by atoms with E-state index >= 15 is 0 Å². The summed E-state index contributed by atoms with van der Waals surface area (Å²) in [5.41, 5.74) is 0. The van der Waals surface area contributed by atoms with Gasteiger partial charge in [-0.05, 0) is 0 Å². The molecule has 2 N–H and O–H groups in total. The van der Waals surface area contributed by atoms with Crippen LogP contribution in [0.5, 0.6) is 0 Å². The van der Waals surface area contributed by atoms with Gasteiger partial charge in [0.25, 0.3) is 0 Å². The van der Waals surface area contributed by atoms with Crippen LogP contribution in [0.4, 0.5) is 0 Å². The molecule has 4 nitrogen and oxygen atoms in total. The quantitative estimate of drug-likeness (QED) is 0.431. The predicted molar refractivity (Wildman–Crippen MR) is 19.9 cm³/mol. The summed E-state index contributed by atoms with van der Waals surface area (Å²) < 4.78 is 0. The van der Waals surface area contributed by atoms with Crippen LogP contribution in [0, 0.1) is 0 Å². The fraction of sp³-hybridized carbons (Fsp3) is 0.333. The fourth-order valence-corrected chi connectivity index (χ4v) is 0.129. The predicted octanol–water partition coefficient (Wildman–Crippen LogP) is -0.457. The third-order valence-electron chi connectivity index (χ3n) is 0.302. The fourth-order valence-electron chi connectivity index (χ4n) is 0.129. The number of carboxylic acid groups (broad SMARTS) is 2. The molecule has 0 bridgehead atoms. The number of rotatable bonds is 2. The summed E-state index contributed by atoms with van der Waals surface area (Å²) in [6.07, 6.45) is -0.806. The Kier molecular flexibility index (Phi) is 6.02. The zero-order valence-electron chi connectivity index (χ0n) is 3.72. The van der Waals surface area contributed by atoms with Crippen molar-refractivity contribution >= 4 is 11.9 Å². The van der Waals surface area contributed by atoms with Gasteiger partial charge in [0, 0.05) is 0 Å². The van der Waals surface area contributed by atoms with Gasteiger partial charge in [0.15, 0.2) is 0 Å². The summed E-state index contributed by atoms with van der Waals surface area (Å²) in [6.45, 7) is 0. The normalized spacial score (nSPS) is 7.00. The summed E-state index contributed by atoms with van der Waals surface area (Å²) in [7, 11) is 0. The molecule has 0 aromatic rings. The molecule has 1 radical (unpaired) electrons. The van der Waals surface area contributed by atoms with Crippen LogP contribution in [0.1, 0.15) is 6.42 Å². The summed E-state index contributed by atoms with van der Waals surface area (Å²) in [5, 5.41) is 15.4. The van der Waals surface area contributed by atoms with Crippen molar-refractivity contribution in [3.8, 4) is 0 Å². The molecule has 0 fully saturated rings. The van der Waals surface area contributed by atoms with Crippen molar-refractivity contribution in [3.05, 3.63) is 0 Å². The van der Waals surface area contributed by atoms with Gasteiger partial charge >= 0.3 is 29.0 Å². The van der Waals surface area contributed by atoms with Gasteiger partial charge in [0.2, 0.25) is 0 Å². The first-order chi connectivity index (χ1) is 3.13. The third-order valence-corrected chi connectivity index (χ3v) is 0.302. The smallest absolute Gasteiger partial charge is 0.481 e. The first-order valence-electron chi connectivity index (χ1n) is 1.56. The van der Waals surface area contributed by atoms with E-state index < -0.39 is 18.4 Å². The molecule has 0 rings (SSSR count). The van der Waals surface area contributed by atoms with E-state index in [0.29, 0.717) is 0 Å². The second kappa shape index (κ2) is 4.61. The van der Waals surface area contributed by atoms with Gasteiger partial charge in [-0.1, -0.05) is 0 Å². The molecular weight excluding hydrogens is 164 g/mol. The number of hydrogen-bond acceptors (Lipinski definition) is 2. The number of hydrogen-bond donors (Lipinski definition) is 2. The minimum Gasteiger partial charge on any atom is -0.481 e. The Balaban J connectivity index is 0. The summed E-state index contributed by atoms with van der Waals surface area (Å²) in [5.74, 6) is -2.62. The summed E-state index contributed by atoms with van der Waals surface area (Å²) >= 11 is 0. The first-order valence-corrected chi connectivity index (χ1v) is 1.56. The molecule has 0 aliphatic rings. The molecule has 8 heavy (non-hydrogen) atoms. The Morgan fingerprint density at radius 3 is 1.38 bits per heavy atom. The second-order valence-corrected chi connectivity index (χ2v) is 0.964. The van der Waals surface area contributed by atoms with Crippen LogP contribution in [0.25, 0.3) is 0 Å². The number of aliphatic carboxylic acids is 2. The Morgan fingerprint density at radius 2 is 1.38 bits per heavy atom. The SMILES string of the molecule is O=C(O)CC(=O)O.[Cu+2]. The number of carboxylic acids is 2. The molecule has 0 aromatic carbocycles. The Labute approximate surface area is 56.0 Å². The van der Waals surface area contributed by atoms with Crippen molar-refractivity contribution in [3.63, 3.8) is 0 Å². The van der Waals surface area contributed by atoms with Crippen molar-refractivity contribution in [2.75, 3.05) is 0 Å². The molecule has 49 valence electrons. The molecule has 0 unspecified atom stereocenters. The van der Waals surface area contributed by atoms with Gasteiger partial charge < -0.3 is 10.2 Å². The Hall–Kier alpha value is -0.541. The molecule has 0 aliphatic carbocycles. The van der Waals surface area contributed by atoms with E-state index in [2.05, 4.69) is 0 Å². The van der Waals surface area contributed by atoms with Gasteiger partial charge in [-0.15, -0.1) is 0 Å². The molecule has 0 amide bonds. The molecule has 5 heteroatoms. The molecule has 0 aliphatic heterocycles. The Morgan fingerprint density at radius 1 is 1.12 bits per heavy atom. The zero-order valence-corrected chi connectivity index (χ0v) is 4.66. The topological polar surface area (TPSA) is 74.6 Å². The maximum atomic E-state index is 9.43. The van der Waals surface area contributed by atoms with E-state index in [1.54, 1.807) is 0 Å². The molecular formula is C3H4CuO4+2. The minimum absolute atomic E-state index is 0. The molecule has 0 aromatic heterocycles. The standard InChI is InChI=1S/C3H4O4.Cu/c4-2(5)1-3(6)7;/h1H2,(H,4,5)(H,6,7);/q;+2. The maximum absolute atomic E-state index is 9.43.